The Balaban J connectivity index is 2.00. The van der Waals surface area contributed by atoms with Gasteiger partial charge in [-0.25, -0.2) is 0 Å². The first-order valence-electron chi connectivity index (χ1n) is 7.53. The van der Waals surface area contributed by atoms with Crippen LogP contribution in [0.15, 0.2) is 12.7 Å². The number of carbonyl (C=O) groups is 1. The molecule has 0 aromatic carbocycles. The van der Waals surface area contributed by atoms with Gasteiger partial charge in [0.05, 0.1) is 5.41 Å². The summed E-state index contributed by atoms with van der Waals surface area (Å²) in [6.45, 7) is 3.81. The Morgan fingerprint density at radius 3 is 2.28 bits per heavy atom. The van der Waals surface area contributed by atoms with E-state index in [9.17, 15) is 9.90 Å². The lowest BCUT2D eigenvalue weighted by Crippen LogP contribution is -2.42. The normalized spacial score (nSPS) is 31.8. The quantitative estimate of drug-likeness (QED) is 0.751. The highest BCUT2D eigenvalue weighted by Crippen LogP contribution is 2.49. The Kier molecular flexibility index (Phi) is 4.47. The molecule has 2 aliphatic carbocycles. The van der Waals surface area contributed by atoms with Crippen LogP contribution in [0.4, 0.5) is 0 Å². The predicted molar refractivity (Wildman–Crippen MR) is 73.4 cm³/mol. The summed E-state index contributed by atoms with van der Waals surface area (Å²) in [7, 11) is 0. The average Bonchev–Trinajstić information content (AvgIpc) is 2.40. The number of hydrogen-bond acceptors (Lipinski definition) is 1. The zero-order valence-corrected chi connectivity index (χ0v) is 11.4. The van der Waals surface area contributed by atoms with Crippen LogP contribution in [0.5, 0.6) is 0 Å². The fraction of sp³-hybridized carbons (Fsp3) is 0.812. The fourth-order valence-corrected chi connectivity index (χ4v) is 4.17. The van der Waals surface area contributed by atoms with Gasteiger partial charge in [0, 0.05) is 0 Å². The minimum absolute atomic E-state index is 0.378. The molecular weight excluding hydrogens is 224 g/mol. The van der Waals surface area contributed by atoms with E-state index in [1.54, 1.807) is 0 Å². The maximum atomic E-state index is 11.8. The lowest BCUT2D eigenvalue weighted by molar-refractivity contribution is -0.156. The number of aliphatic carboxylic acids is 1. The van der Waals surface area contributed by atoms with Crippen LogP contribution in [-0.4, -0.2) is 11.1 Å². The van der Waals surface area contributed by atoms with Crippen LogP contribution in [0.3, 0.4) is 0 Å². The van der Waals surface area contributed by atoms with Gasteiger partial charge in [0.25, 0.3) is 0 Å². The summed E-state index contributed by atoms with van der Waals surface area (Å²) < 4.78 is 0. The van der Waals surface area contributed by atoms with Gasteiger partial charge in [0.1, 0.15) is 0 Å². The molecule has 1 N–H and O–H groups in total. The van der Waals surface area contributed by atoms with E-state index in [2.05, 4.69) is 6.58 Å². The van der Waals surface area contributed by atoms with E-state index in [0.717, 1.165) is 50.9 Å². The highest BCUT2D eigenvalue weighted by molar-refractivity contribution is 5.75. The highest BCUT2D eigenvalue weighted by Gasteiger charge is 2.46. The second-order valence-electron chi connectivity index (χ2n) is 6.26. The van der Waals surface area contributed by atoms with Gasteiger partial charge in [0.2, 0.25) is 0 Å². The maximum Gasteiger partial charge on any atom is 0.309 e. The van der Waals surface area contributed by atoms with E-state index >= 15 is 0 Å². The molecule has 0 atom stereocenters. The lowest BCUT2D eigenvalue weighted by Gasteiger charge is -2.43. The Hall–Kier alpha value is -0.790. The lowest BCUT2D eigenvalue weighted by atomic mass is 9.60. The van der Waals surface area contributed by atoms with E-state index < -0.39 is 5.97 Å². The van der Waals surface area contributed by atoms with Crippen molar-refractivity contribution >= 4 is 5.97 Å². The standard InChI is InChI=1S/C16H26O2/c1-2-6-13-7-9-14(10-8-13)16(15(17)18)11-4-3-5-12-16/h2,13-14H,1,3-12H2,(H,17,18). The number of allylic oxidation sites excluding steroid dienone is 1. The van der Waals surface area contributed by atoms with Crippen LogP contribution in [0, 0.1) is 17.3 Å². The summed E-state index contributed by atoms with van der Waals surface area (Å²) in [4.78, 5) is 11.8. The maximum absolute atomic E-state index is 11.8. The molecule has 2 fully saturated rings. The molecule has 0 bridgehead atoms. The molecule has 2 heteroatoms. The first kappa shape index (κ1) is 13.6. The number of carboxylic acids is 1. The molecule has 2 saturated carbocycles. The molecule has 18 heavy (non-hydrogen) atoms. The SMILES string of the molecule is C=CCC1CCC(C2(C(=O)O)CCCCC2)CC1. The minimum atomic E-state index is -0.519. The third-order valence-corrected chi connectivity index (χ3v) is 5.30. The van der Waals surface area contributed by atoms with Crippen molar-refractivity contribution in [2.45, 2.75) is 64.2 Å². The molecule has 0 aliphatic heterocycles. The second-order valence-corrected chi connectivity index (χ2v) is 6.26. The first-order valence-corrected chi connectivity index (χ1v) is 7.53. The number of rotatable bonds is 4. The molecule has 0 aromatic rings. The van der Waals surface area contributed by atoms with E-state index in [-0.39, 0.29) is 5.41 Å². The monoisotopic (exact) mass is 250 g/mol. The smallest absolute Gasteiger partial charge is 0.309 e. The van der Waals surface area contributed by atoms with Crippen molar-refractivity contribution < 1.29 is 9.90 Å². The van der Waals surface area contributed by atoms with Crippen molar-refractivity contribution in [3.05, 3.63) is 12.7 Å². The molecule has 102 valence electrons. The molecule has 0 spiro atoms. The third kappa shape index (κ3) is 2.62. The summed E-state index contributed by atoms with van der Waals surface area (Å²) in [5, 5.41) is 9.69. The first-order chi connectivity index (χ1) is 8.69. The molecule has 2 aliphatic rings. The Morgan fingerprint density at radius 2 is 1.78 bits per heavy atom. The third-order valence-electron chi connectivity index (χ3n) is 5.30. The Bertz CT molecular complexity index is 294. The Labute approximate surface area is 110 Å². The summed E-state index contributed by atoms with van der Waals surface area (Å²) in [6, 6.07) is 0. The molecular formula is C16H26O2. The van der Waals surface area contributed by atoms with Gasteiger partial charge < -0.3 is 5.11 Å². The van der Waals surface area contributed by atoms with E-state index in [1.165, 1.54) is 19.3 Å². The second kappa shape index (κ2) is 5.90. The van der Waals surface area contributed by atoms with E-state index in [1.807, 2.05) is 6.08 Å². The van der Waals surface area contributed by atoms with Crippen LogP contribution in [-0.2, 0) is 4.79 Å². The van der Waals surface area contributed by atoms with Gasteiger partial charge in [-0.3, -0.25) is 4.79 Å². The van der Waals surface area contributed by atoms with Crippen LogP contribution >= 0.6 is 0 Å². The zero-order chi connectivity index (χ0) is 13.0. The summed E-state index contributed by atoms with van der Waals surface area (Å²) in [5.41, 5.74) is -0.378. The molecule has 2 rings (SSSR count). The van der Waals surface area contributed by atoms with Crippen molar-refractivity contribution in [2.75, 3.05) is 0 Å². The van der Waals surface area contributed by atoms with E-state index in [0.29, 0.717) is 5.92 Å². The van der Waals surface area contributed by atoms with Gasteiger partial charge in [-0.15, -0.1) is 6.58 Å². The molecule has 0 heterocycles. The summed E-state index contributed by atoms with van der Waals surface area (Å²) in [5.74, 6) is 0.666. The zero-order valence-electron chi connectivity index (χ0n) is 11.4. The predicted octanol–water partition coefficient (Wildman–Crippen LogP) is 4.40. The highest BCUT2D eigenvalue weighted by atomic mass is 16.4. The largest absolute Gasteiger partial charge is 0.481 e. The summed E-state index contributed by atoms with van der Waals surface area (Å²) in [6.07, 6.45) is 13.0. The fourth-order valence-electron chi connectivity index (χ4n) is 4.17. The van der Waals surface area contributed by atoms with Crippen LogP contribution in [0.25, 0.3) is 0 Å². The van der Waals surface area contributed by atoms with Gasteiger partial charge in [0.15, 0.2) is 0 Å². The van der Waals surface area contributed by atoms with E-state index in [4.69, 9.17) is 0 Å². The molecule has 2 nitrogen and oxygen atoms in total. The molecule has 0 aromatic heterocycles. The van der Waals surface area contributed by atoms with Crippen molar-refractivity contribution in [3.8, 4) is 0 Å². The minimum Gasteiger partial charge on any atom is -0.481 e. The molecule has 0 saturated heterocycles. The van der Waals surface area contributed by atoms with Gasteiger partial charge in [-0.2, -0.15) is 0 Å². The van der Waals surface area contributed by atoms with Crippen molar-refractivity contribution in [1.29, 1.82) is 0 Å². The molecule has 0 radical (unpaired) electrons. The molecule has 0 unspecified atom stereocenters. The van der Waals surface area contributed by atoms with Gasteiger partial charge in [-0.1, -0.05) is 25.3 Å². The average molecular weight is 250 g/mol. The van der Waals surface area contributed by atoms with Gasteiger partial charge >= 0.3 is 5.97 Å². The topological polar surface area (TPSA) is 37.3 Å². The van der Waals surface area contributed by atoms with Crippen molar-refractivity contribution in [3.63, 3.8) is 0 Å². The Morgan fingerprint density at radius 1 is 1.17 bits per heavy atom. The van der Waals surface area contributed by atoms with Crippen LogP contribution in [0.2, 0.25) is 0 Å². The van der Waals surface area contributed by atoms with Crippen molar-refractivity contribution in [1.82, 2.24) is 0 Å². The van der Waals surface area contributed by atoms with Gasteiger partial charge in [-0.05, 0) is 56.8 Å². The number of carboxylic acid groups (broad SMARTS) is 1. The van der Waals surface area contributed by atoms with Crippen LogP contribution in [0.1, 0.15) is 64.2 Å². The van der Waals surface area contributed by atoms with Crippen LogP contribution < -0.4 is 0 Å². The van der Waals surface area contributed by atoms with Crippen molar-refractivity contribution in [2.24, 2.45) is 17.3 Å². The molecule has 0 amide bonds. The summed E-state index contributed by atoms with van der Waals surface area (Å²) >= 11 is 0. The number of hydrogen-bond donors (Lipinski definition) is 1.